The minimum Gasteiger partial charge on any atom is -0.465 e. The van der Waals surface area contributed by atoms with Crippen LogP contribution in [0.4, 0.5) is 0 Å². The minimum atomic E-state index is -0.393. The molecule has 1 heterocycles. The van der Waals surface area contributed by atoms with Gasteiger partial charge in [-0.25, -0.2) is 4.68 Å². The summed E-state index contributed by atoms with van der Waals surface area (Å²) in [5.41, 5.74) is 0.277. The third-order valence-corrected chi connectivity index (χ3v) is 1.91. The highest BCUT2D eigenvalue weighted by molar-refractivity contribution is 5.95. The van der Waals surface area contributed by atoms with E-state index in [1.54, 1.807) is 20.8 Å². The molecule has 1 aromatic rings. The highest BCUT2D eigenvalue weighted by Crippen LogP contribution is 2.04. The molecular formula is C10H15N3O3. The van der Waals surface area contributed by atoms with Crippen molar-refractivity contribution in [1.82, 2.24) is 15.0 Å². The Labute approximate surface area is 93.6 Å². The predicted octanol–water partition coefficient (Wildman–Crippen LogP) is 0.680. The van der Waals surface area contributed by atoms with Crippen LogP contribution in [0.3, 0.4) is 0 Å². The van der Waals surface area contributed by atoms with Crippen LogP contribution in [0.5, 0.6) is 0 Å². The van der Waals surface area contributed by atoms with E-state index in [0.717, 1.165) is 0 Å². The van der Waals surface area contributed by atoms with E-state index >= 15 is 0 Å². The zero-order valence-corrected chi connectivity index (χ0v) is 9.64. The molecule has 0 aliphatic rings. The highest BCUT2D eigenvalue weighted by Gasteiger charge is 2.15. The first-order valence-electron chi connectivity index (χ1n) is 5.14. The lowest BCUT2D eigenvalue weighted by Gasteiger charge is -2.00. The van der Waals surface area contributed by atoms with E-state index in [1.165, 1.54) is 10.9 Å². The standard InChI is InChI=1S/C10H15N3O3/c1-4-16-9(14)6-13-5-8(11-12-13)10(15)7(2)3/h5,7H,4,6H2,1-3H3. The number of carbonyl (C=O) groups excluding carboxylic acids is 2. The summed E-state index contributed by atoms with van der Waals surface area (Å²) in [6, 6.07) is 0. The van der Waals surface area contributed by atoms with E-state index in [0.29, 0.717) is 6.61 Å². The first kappa shape index (κ1) is 12.4. The Kier molecular flexibility index (Phi) is 4.16. The van der Waals surface area contributed by atoms with Gasteiger partial charge in [-0.1, -0.05) is 19.1 Å². The Bertz CT molecular complexity index is 384. The van der Waals surface area contributed by atoms with Gasteiger partial charge in [0.25, 0.3) is 0 Å². The van der Waals surface area contributed by atoms with Crippen LogP contribution in [0.25, 0.3) is 0 Å². The van der Waals surface area contributed by atoms with Crippen molar-refractivity contribution in [3.05, 3.63) is 11.9 Å². The molecule has 1 rings (SSSR count). The van der Waals surface area contributed by atoms with Crippen molar-refractivity contribution in [3.8, 4) is 0 Å². The van der Waals surface area contributed by atoms with Crippen molar-refractivity contribution < 1.29 is 14.3 Å². The van der Waals surface area contributed by atoms with Gasteiger partial charge in [-0.2, -0.15) is 0 Å². The number of Topliss-reactive ketones (excluding diaryl/α,β-unsaturated/α-hetero) is 1. The molecule has 0 amide bonds. The number of hydrogen-bond acceptors (Lipinski definition) is 5. The Balaban J connectivity index is 2.65. The summed E-state index contributed by atoms with van der Waals surface area (Å²) in [4.78, 5) is 22.7. The van der Waals surface area contributed by atoms with Crippen LogP contribution in [-0.2, 0) is 16.1 Å². The van der Waals surface area contributed by atoms with Crippen molar-refractivity contribution in [2.24, 2.45) is 5.92 Å². The van der Waals surface area contributed by atoms with Gasteiger partial charge in [0, 0.05) is 5.92 Å². The van der Waals surface area contributed by atoms with Gasteiger partial charge in [-0.15, -0.1) is 5.10 Å². The van der Waals surface area contributed by atoms with Crippen molar-refractivity contribution in [2.75, 3.05) is 6.61 Å². The average molecular weight is 225 g/mol. The van der Waals surface area contributed by atoms with E-state index in [9.17, 15) is 9.59 Å². The van der Waals surface area contributed by atoms with Gasteiger partial charge in [0.1, 0.15) is 12.2 Å². The van der Waals surface area contributed by atoms with Crippen LogP contribution in [0, 0.1) is 5.92 Å². The molecule has 0 atom stereocenters. The molecule has 0 aliphatic carbocycles. The van der Waals surface area contributed by atoms with E-state index in [1.807, 2.05) is 0 Å². The number of aromatic nitrogens is 3. The number of ether oxygens (including phenoxy) is 1. The minimum absolute atomic E-state index is 0.0216. The molecule has 16 heavy (non-hydrogen) atoms. The molecule has 0 radical (unpaired) electrons. The molecule has 1 aromatic heterocycles. The Morgan fingerprint density at radius 3 is 2.75 bits per heavy atom. The van der Waals surface area contributed by atoms with Gasteiger partial charge < -0.3 is 4.74 Å². The summed E-state index contributed by atoms with van der Waals surface area (Å²) in [6.07, 6.45) is 1.46. The number of nitrogens with zero attached hydrogens (tertiary/aromatic N) is 3. The molecule has 0 N–H and O–H groups in total. The van der Waals surface area contributed by atoms with Crippen LogP contribution in [-0.4, -0.2) is 33.4 Å². The Hall–Kier alpha value is -1.72. The van der Waals surface area contributed by atoms with E-state index < -0.39 is 5.97 Å². The molecule has 0 bridgehead atoms. The molecule has 0 aliphatic heterocycles. The lowest BCUT2D eigenvalue weighted by molar-refractivity contribution is -0.144. The quantitative estimate of drug-likeness (QED) is 0.544. The normalized spacial score (nSPS) is 10.5. The average Bonchev–Trinajstić information content (AvgIpc) is 2.65. The number of ketones is 1. The topological polar surface area (TPSA) is 74.1 Å². The van der Waals surface area contributed by atoms with Crippen molar-refractivity contribution >= 4 is 11.8 Å². The second kappa shape index (κ2) is 5.39. The van der Waals surface area contributed by atoms with Crippen LogP contribution >= 0.6 is 0 Å². The monoisotopic (exact) mass is 225 g/mol. The molecule has 0 fully saturated rings. The van der Waals surface area contributed by atoms with Gasteiger partial charge in [0.2, 0.25) is 0 Å². The molecule has 0 aromatic carbocycles. The van der Waals surface area contributed by atoms with E-state index in [4.69, 9.17) is 4.74 Å². The number of hydrogen-bond donors (Lipinski definition) is 0. The molecule has 6 heteroatoms. The fraction of sp³-hybridized carbons (Fsp3) is 0.600. The zero-order chi connectivity index (χ0) is 12.1. The van der Waals surface area contributed by atoms with Crippen LogP contribution in [0.1, 0.15) is 31.3 Å². The smallest absolute Gasteiger partial charge is 0.327 e. The summed E-state index contributed by atoms with van der Waals surface area (Å²) in [5, 5.41) is 7.39. The van der Waals surface area contributed by atoms with Crippen LogP contribution in [0.15, 0.2) is 6.20 Å². The second-order valence-corrected chi connectivity index (χ2v) is 3.63. The number of esters is 1. The maximum absolute atomic E-state index is 11.5. The maximum Gasteiger partial charge on any atom is 0.327 e. The fourth-order valence-corrected chi connectivity index (χ4v) is 1.12. The Morgan fingerprint density at radius 1 is 1.50 bits per heavy atom. The number of carbonyl (C=O) groups is 2. The van der Waals surface area contributed by atoms with Gasteiger partial charge in [0.05, 0.1) is 12.8 Å². The lowest BCUT2D eigenvalue weighted by atomic mass is 10.1. The van der Waals surface area contributed by atoms with Crippen molar-refractivity contribution in [2.45, 2.75) is 27.3 Å². The highest BCUT2D eigenvalue weighted by atomic mass is 16.5. The maximum atomic E-state index is 11.5. The first-order chi connectivity index (χ1) is 7.54. The Morgan fingerprint density at radius 2 is 2.19 bits per heavy atom. The fourth-order valence-electron chi connectivity index (χ4n) is 1.12. The summed E-state index contributed by atoms with van der Waals surface area (Å²) >= 11 is 0. The molecular weight excluding hydrogens is 210 g/mol. The third-order valence-electron chi connectivity index (χ3n) is 1.91. The summed E-state index contributed by atoms with van der Waals surface area (Å²) in [6.45, 7) is 5.60. The molecule has 0 saturated carbocycles. The lowest BCUT2D eigenvalue weighted by Crippen LogP contribution is -2.14. The van der Waals surface area contributed by atoms with Gasteiger partial charge in [0.15, 0.2) is 5.78 Å². The van der Waals surface area contributed by atoms with E-state index in [-0.39, 0.29) is 23.9 Å². The number of rotatable bonds is 5. The first-order valence-corrected chi connectivity index (χ1v) is 5.14. The molecule has 0 spiro atoms. The predicted molar refractivity (Wildman–Crippen MR) is 55.8 cm³/mol. The zero-order valence-electron chi connectivity index (χ0n) is 9.64. The molecule has 0 unspecified atom stereocenters. The molecule has 88 valence electrons. The van der Waals surface area contributed by atoms with Gasteiger partial charge in [-0.3, -0.25) is 9.59 Å². The molecule has 0 saturated heterocycles. The second-order valence-electron chi connectivity index (χ2n) is 3.63. The summed E-state index contributed by atoms with van der Waals surface area (Å²) < 4.78 is 6.05. The van der Waals surface area contributed by atoms with Crippen molar-refractivity contribution in [1.29, 1.82) is 0 Å². The van der Waals surface area contributed by atoms with E-state index in [2.05, 4.69) is 10.3 Å². The van der Waals surface area contributed by atoms with Gasteiger partial charge in [-0.05, 0) is 6.92 Å². The molecule has 6 nitrogen and oxygen atoms in total. The van der Waals surface area contributed by atoms with Gasteiger partial charge >= 0.3 is 5.97 Å². The summed E-state index contributed by atoms with van der Waals surface area (Å²) in [5.74, 6) is -0.612. The third kappa shape index (κ3) is 3.15. The van der Waals surface area contributed by atoms with Crippen LogP contribution in [0.2, 0.25) is 0 Å². The SMILES string of the molecule is CCOC(=O)Cn1cc(C(=O)C(C)C)nn1. The summed E-state index contributed by atoms with van der Waals surface area (Å²) in [7, 11) is 0. The van der Waals surface area contributed by atoms with Crippen molar-refractivity contribution in [3.63, 3.8) is 0 Å². The largest absolute Gasteiger partial charge is 0.465 e. The van der Waals surface area contributed by atoms with Crippen LogP contribution < -0.4 is 0 Å².